The van der Waals surface area contributed by atoms with Crippen molar-refractivity contribution in [1.82, 2.24) is 4.90 Å². The van der Waals surface area contributed by atoms with Crippen molar-refractivity contribution >= 4 is 17.3 Å². The lowest BCUT2D eigenvalue weighted by Gasteiger charge is -2.20. The average Bonchev–Trinajstić information content (AvgIpc) is 2.42. The third-order valence-electron chi connectivity index (χ3n) is 3.36. The van der Waals surface area contributed by atoms with Gasteiger partial charge in [-0.15, -0.1) is 0 Å². The fraction of sp³-hybridized carbons (Fsp3) is 0.500. The van der Waals surface area contributed by atoms with Gasteiger partial charge < -0.3 is 16.0 Å². The monoisotopic (exact) mass is 294 g/mol. The first-order valence-corrected chi connectivity index (χ1v) is 6.85. The van der Waals surface area contributed by atoms with Crippen LogP contribution in [0.15, 0.2) is 18.2 Å². The van der Waals surface area contributed by atoms with Crippen LogP contribution in [0.2, 0.25) is 0 Å². The van der Waals surface area contributed by atoms with E-state index in [4.69, 9.17) is 5.73 Å². The Morgan fingerprint density at radius 3 is 2.67 bits per heavy atom. The second-order valence-corrected chi connectivity index (χ2v) is 5.21. The van der Waals surface area contributed by atoms with E-state index in [0.717, 1.165) is 13.0 Å². The van der Waals surface area contributed by atoms with Crippen molar-refractivity contribution in [1.29, 1.82) is 0 Å². The summed E-state index contributed by atoms with van der Waals surface area (Å²) in [6, 6.07) is 4.53. The first-order chi connectivity index (χ1) is 9.82. The molecule has 7 nitrogen and oxygen atoms in total. The molecule has 0 aromatic heterocycles. The third kappa shape index (κ3) is 5.03. The summed E-state index contributed by atoms with van der Waals surface area (Å²) in [6.07, 6.45) is 0.840. The largest absolute Gasteiger partial charge is 0.379 e. The van der Waals surface area contributed by atoms with Crippen LogP contribution in [0.3, 0.4) is 0 Å². The van der Waals surface area contributed by atoms with E-state index in [1.54, 1.807) is 0 Å². The standard InChI is InChI=1S/C14H22N4O3/c1-10(2)17(3)8-4-7-16-12-9-11(14(15)19)5-6-13(12)18(20)21/h5-6,9-10,16H,4,7-8H2,1-3H3,(H2,15,19). The summed E-state index contributed by atoms with van der Waals surface area (Å²) in [5.41, 5.74) is 5.71. The van der Waals surface area contributed by atoms with E-state index in [0.29, 0.717) is 18.3 Å². The molecular weight excluding hydrogens is 272 g/mol. The molecule has 0 unspecified atom stereocenters. The molecular formula is C14H22N4O3. The smallest absolute Gasteiger partial charge is 0.292 e. The Labute approximate surface area is 124 Å². The Hall–Kier alpha value is -2.15. The molecule has 1 amide bonds. The van der Waals surface area contributed by atoms with E-state index in [2.05, 4.69) is 24.1 Å². The van der Waals surface area contributed by atoms with E-state index in [-0.39, 0.29) is 11.3 Å². The summed E-state index contributed by atoms with van der Waals surface area (Å²) >= 11 is 0. The van der Waals surface area contributed by atoms with Crippen molar-refractivity contribution < 1.29 is 9.72 Å². The maximum Gasteiger partial charge on any atom is 0.292 e. The number of primary amides is 1. The van der Waals surface area contributed by atoms with Gasteiger partial charge >= 0.3 is 0 Å². The van der Waals surface area contributed by atoms with E-state index >= 15 is 0 Å². The average molecular weight is 294 g/mol. The van der Waals surface area contributed by atoms with Crippen LogP contribution in [0, 0.1) is 10.1 Å². The van der Waals surface area contributed by atoms with Crippen LogP contribution in [0.4, 0.5) is 11.4 Å². The molecule has 116 valence electrons. The molecule has 0 heterocycles. The van der Waals surface area contributed by atoms with Crippen LogP contribution in [0.1, 0.15) is 30.6 Å². The van der Waals surface area contributed by atoms with E-state index in [1.807, 2.05) is 7.05 Å². The van der Waals surface area contributed by atoms with Gasteiger partial charge in [-0.2, -0.15) is 0 Å². The fourth-order valence-electron chi connectivity index (χ4n) is 1.80. The van der Waals surface area contributed by atoms with Gasteiger partial charge in [0.05, 0.1) is 4.92 Å². The summed E-state index contributed by atoms with van der Waals surface area (Å²) in [5, 5.41) is 14.0. The summed E-state index contributed by atoms with van der Waals surface area (Å²) in [7, 11) is 2.03. The zero-order valence-corrected chi connectivity index (χ0v) is 12.6. The molecule has 1 rings (SSSR count). The minimum absolute atomic E-state index is 0.0581. The number of carbonyl (C=O) groups is 1. The quantitative estimate of drug-likeness (QED) is 0.433. The first kappa shape index (κ1) is 16.9. The predicted molar refractivity (Wildman–Crippen MR) is 82.5 cm³/mol. The number of hydrogen-bond acceptors (Lipinski definition) is 5. The lowest BCUT2D eigenvalue weighted by Crippen LogP contribution is -2.28. The number of nitrogens with zero attached hydrogens (tertiary/aromatic N) is 2. The minimum atomic E-state index is -0.604. The molecule has 0 aliphatic carbocycles. The molecule has 0 fully saturated rings. The van der Waals surface area contributed by atoms with Gasteiger partial charge in [-0.3, -0.25) is 14.9 Å². The zero-order valence-electron chi connectivity index (χ0n) is 12.6. The van der Waals surface area contributed by atoms with Crippen molar-refractivity contribution in [3.63, 3.8) is 0 Å². The van der Waals surface area contributed by atoms with E-state index < -0.39 is 10.8 Å². The highest BCUT2D eigenvalue weighted by molar-refractivity contribution is 5.94. The van der Waals surface area contributed by atoms with Crippen LogP contribution >= 0.6 is 0 Å². The molecule has 0 atom stereocenters. The second-order valence-electron chi connectivity index (χ2n) is 5.21. The number of rotatable bonds is 8. The van der Waals surface area contributed by atoms with Crippen LogP contribution < -0.4 is 11.1 Å². The molecule has 0 saturated heterocycles. The normalized spacial score (nSPS) is 10.9. The molecule has 0 aliphatic heterocycles. The number of nitrogens with one attached hydrogen (secondary N) is 1. The van der Waals surface area contributed by atoms with E-state index in [1.165, 1.54) is 18.2 Å². The summed E-state index contributed by atoms with van der Waals surface area (Å²) in [6.45, 7) is 5.68. The Balaban J connectivity index is 2.70. The Bertz CT molecular complexity index is 517. The van der Waals surface area contributed by atoms with Crippen molar-refractivity contribution in [2.75, 3.05) is 25.5 Å². The van der Waals surface area contributed by atoms with Crippen LogP contribution in [-0.2, 0) is 0 Å². The number of nitrogens with two attached hydrogens (primary N) is 1. The molecule has 0 spiro atoms. The van der Waals surface area contributed by atoms with Crippen LogP contribution in [-0.4, -0.2) is 41.9 Å². The molecule has 0 aliphatic rings. The lowest BCUT2D eigenvalue weighted by molar-refractivity contribution is -0.384. The van der Waals surface area contributed by atoms with Crippen molar-refractivity contribution in [2.45, 2.75) is 26.3 Å². The van der Waals surface area contributed by atoms with Gasteiger partial charge in [0, 0.05) is 24.2 Å². The Morgan fingerprint density at radius 2 is 2.14 bits per heavy atom. The summed E-state index contributed by atoms with van der Waals surface area (Å²) in [5.74, 6) is -0.604. The van der Waals surface area contributed by atoms with Crippen LogP contribution in [0.5, 0.6) is 0 Å². The number of anilines is 1. The Kier molecular flexibility index (Phi) is 6.10. The molecule has 7 heteroatoms. The number of nitro benzene ring substituents is 1. The predicted octanol–water partition coefficient (Wildman–Crippen LogP) is 1.84. The summed E-state index contributed by atoms with van der Waals surface area (Å²) in [4.78, 5) is 23.8. The van der Waals surface area contributed by atoms with Gasteiger partial charge in [-0.25, -0.2) is 0 Å². The zero-order chi connectivity index (χ0) is 16.0. The molecule has 3 N–H and O–H groups in total. The van der Waals surface area contributed by atoms with Gasteiger partial charge in [-0.05, 0) is 46.0 Å². The molecule has 1 aromatic carbocycles. The van der Waals surface area contributed by atoms with Gasteiger partial charge in [0.2, 0.25) is 5.91 Å². The highest BCUT2D eigenvalue weighted by Gasteiger charge is 2.15. The van der Waals surface area contributed by atoms with Crippen LogP contribution in [0.25, 0.3) is 0 Å². The maximum atomic E-state index is 11.1. The SMILES string of the molecule is CC(C)N(C)CCCNc1cc(C(N)=O)ccc1[N+](=O)[O-]. The molecule has 0 bridgehead atoms. The maximum absolute atomic E-state index is 11.1. The van der Waals surface area contributed by atoms with Gasteiger partial charge in [0.25, 0.3) is 5.69 Å². The molecule has 1 aromatic rings. The minimum Gasteiger partial charge on any atom is -0.379 e. The van der Waals surface area contributed by atoms with E-state index in [9.17, 15) is 14.9 Å². The fourth-order valence-corrected chi connectivity index (χ4v) is 1.80. The highest BCUT2D eigenvalue weighted by Crippen LogP contribution is 2.25. The van der Waals surface area contributed by atoms with Gasteiger partial charge in [-0.1, -0.05) is 0 Å². The lowest BCUT2D eigenvalue weighted by atomic mass is 10.1. The van der Waals surface area contributed by atoms with Crippen molar-refractivity contribution in [2.24, 2.45) is 5.73 Å². The van der Waals surface area contributed by atoms with Gasteiger partial charge in [0.1, 0.15) is 5.69 Å². The van der Waals surface area contributed by atoms with Gasteiger partial charge in [0.15, 0.2) is 0 Å². The van der Waals surface area contributed by atoms with Crippen molar-refractivity contribution in [3.8, 4) is 0 Å². The highest BCUT2D eigenvalue weighted by atomic mass is 16.6. The third-order valence-corrected chi connectivity index (χ3v) is 3.36. The Morgan fingerprint density at radius 1 is 1.48 bits per heavy atom. The first-order valence-electron chi connectivity index (χ1n) is 6.85. The topological polar surface area (TPSA) is 102 Å². The number of amides is 1. The number of benzene rings is 1. The summed E-state index contributed by atoms with van der Waals surface area (Å²) < 4.78 is 0. The number of carbonyl (C=O) groups excluding carboxylic acids is 1. The second kappa shape index (κ2) is 7.58. The molecule has 21 heavy (non-hydrogen) atoms. The number of nitro groups is 1. The molecule has 0 radical (unpaired) electrons. The molecule has 0 saturated carbocycles. The number of hydrogen-bond donors (Lipinski definition) is 2. The van der Waals surface area contributed by atoms with Crippen molar-refractivity contribution in [3.05, 3.63) is 33.9 Å².